The van der Waals surface area contributed by atoms with E-state index in [1.54, 1.807) is 11.8 Å². The number of hydrogen-bond acceptors (Lipinski definition) is 5. The Bertz CT molecular complexity index is 968. The fraction of sp³-hybridized carbons (Fsp3) is 0.375. The topological polar surface area (TPSA) is 47.6 Å². The maximum absolute atomic E-state index is 12.8. The minimum atomic E-state index is -0.120. The lowest BCUT2D eigenvalue weighted by Gasteiger charge is -2.44. The summed E-state index contributed by atoms with van der Waals surface area (Å²) in [4.78, 5) is 17.7. The van der Waals surface area contributed by atoms with E-state index in [1.165, 1.54) is 28.0 Å². The van der Waals surface area contributed by atoms with Crippen LogP contribution in [0.25, 0.3) is 5.57 Å². The molecule has 2 aromatic rings. The molecule has 6 heteroatoms. The zero-order valence-electron chi connectivity index (χ0n) is 17.5. The molecule has 0 spiro atoms. The van der Waals surface area contributed by atoms with Crippen LogP contribution >= 0.6 is 11.8 Å². The number of nitrogens with zero attached hydrogens (tertiary/aromatic N) is 2. The van der Waals surface area contributed by atoms with Crippen molar-refractivity contribution in [3.8, 4) is 0 Å². The first-order chi connectivity index (χ1) is 14.6. The van der Waals surface area contributed by atoms with Crippen LogP contribution in [0.15, 0.2) is 53.9 Å². The molecule has 0 saturated carbocycles. The monoisotopic (exact) mass is 420 g/mol. The van der Waals surface area contributed by atoms with E-state index in [2.05, 4.69) is 82.2 Å². The lowest BCUT2D eigenvalue weighted by atomic mass is 9.96. The number of carbonyl (C=O) groups is 1. The first-order valence-electron chi connectivity index (χ1n) is 10.6. The first kappa shape index (κ1) is 19.7. The molecule has 1 amide bonds. The molecular weight excluding hydrogens is 392 g/mol. The van der Waals surface area contributed by atoms with Crippen molar-refractivity contribution < 1.29 is 4.79 Å². The molecule has 3 aliphatic heterocycles. The van der Waals surface area contributed by atoms with Gasteiger partial charge in [-0.25, -0.2) is 0 Å². The largest absolute Gasteiger partial charge is 0.369 e. The maximum Gasteiger partial charge on any atom is 0.237 e. The molecule has 156 valence electrons. The third-order valence-corrected chi connectivity index (χ3v) is 7.52. The van der Waals surface area contributed by atoms with Crippen LogP contribution in [0.1, 0.15) is 16.7 Å². The molecule has 3 heterocycles. The minimum absolute atomic E-state index is 0.0493. The average molecular weight is 421 g/mol. The second kappa shape index (κ2) is 8.10. The summed E-state index contributed by atoms with van der Waals surface area (Å²) in [6, 6.07) is 17.1. The highest BCUT2D eigenvalue weighted by molar-refractivity contribution is 8.04. The lowest BCUT2D eigenvalue weighted by molar-refractivity contribution is -0.125. The molecule has 5 nitrogen and oxygen atoms in total. The number of piperazine rings is 1. The van der Waals surface area contributed by atoms with Crippen molar-refractivity contribution in [3.63, 3.8) is 0 Å². The molecule has 0 aromatic heterocycles. The maximum atomic E-state index is 12.8. The smallest absolute Gasteiger partial charge is 0.237 e. The summed E-state index contributed by atoms with van der Waals surface area (Å²) in [6.45, 7) is 8.08. The fourth-order valence-electron chi connectivity index (χ4n) is 4.64. The Hall–Kier alpha value is -2.28. The number of hydrogen-bond donors (Lipinski definition) is 2. The van der Waals surface area contributed by atoms with Crippen molar-refractivity contribution in [2.24, 2.45) is 0 Å². The predicted molar refractivity (Wildman–Crippen MR) is 124 cm³/mol. The van der Waals surface area contributed by atoms with Crippen molar-refractivity contribution in [2.75, 3.05) is 31.1 Å². The normalized spacial score (nSPS) is 26.9. The third-order valence-electron chi connectivity index (χ3n) is 6.35. The van der Waals surface area contributed by atoms with Gasteiger partial charge in [-0.2, -0.15) is 0 Å². The van der Waals surface area contributed by atoms with Gasteiger partial charge in [0, 0.05) is 31.9 Å². The zero-order valence-corrected chi connectivity index (χ0v) is 18.3. The molecule has 2 N–H and O–H groups in total. The quantitative estimate of drug-likeness (QED) is 0.800. The summed E-state index contributed by atoms with van der Waals surface area (Å²) in [5.74, 6) is 0.132. The lowest BCUT2D eigenvalue weighted by Crippen LogP contribution is -2.69. The van der Waals surface area contributed by atoms with Crippen LogP contribution < -0.4 is 15.5 Å². The van der Waals surface area contributed by atoms with Crippen molar-refractivity contribution in [1.82, 2.24) is 15.5 Å². The molecule has 30 heavy (non-hydrogen) atoms. The Morgan fingerprint density at radius 2 is 1.77 bits per heavy atom. The highest BCUT2D eigenvalue weighted by atomic mass is 32.2. The van der Waals surface area contributed by atoms with E-state index < -0.39 is 0 Å². The van der Waals surface area contributed by atoms with Gasteiger partial charge < -0.3 is 10.2 Å². The van der Waals surface area contributed by atoms with E-state index >= 15 is 0 Å². The van der Waals surface area contributed by atoms with Crippen molar-refractivity contribution in [1.29, 1.82) is 0 Å². The Morgan fingerprint density at radius 3 is 2.53 bits per heavy atom. The first-order valence-corrected chi connectivity index (χ1v) is 11.6. The summed E-state index contributed by atoms with van der Waals surface area (Å²) in [7, 11) is 0. The van der Waals surface area contributed by atoms with Gasteiger partial charge in [0.25, 0.3) is 0 Å². The van der Waals surface area contributed by atoms with E-state index in [1.807, 2.05) is 6.07 Å². The Kier molecular flexibility index (Phi) is 5.31. The second-order valence-electron chi connectivity index (χ2n) is 8.36. The molecule has 2 fully saturated rings. The summed E-state index contributed by atoms with van der Waals surface area (Å²) >= 11 is 1.62. The Morgan fingerprint density at radius 1 is 1.00 bits per heavy atom. The molecule has 3 aliphatic rings. The molecule has 2 saturated heterocycles. The number of fused-ring (bicyclic) bond motifs is 1. The zero-order chi connectivity index (χ0) is 20.7. The number of carbonyl (C=O) groups excluding carboxylic acids is 1. The van der Waals surface area contributed by atoms with Crippen LogP contribution in [0.3, 0.4) is 0 Å². The molecule has 3 atom stereocenters. The van der Waals surface area contributed by atoms with Crippen LogP contribution in [0.4, 0.5) is 5.69 Å². The third kappa shape index (κ3) is 3.64. The summed E-state index contributed by atoms with van der Waals surface area (Å²) in [6.07, 6.45) is -0.120. The summed E-state index contributed by atoms with van der Waals surface area (Å²) in [5, 5.41) is 8.99. The van der Waals surface area contributed by atoms with Gasteiger partial charge in [-0.15, -0.1) is 11.8 Å². The average Bonchev–Trinajstić information content (AvgIpc) is 3.21. The standard InChI is InChI=1S/C24H28N4OS/c1-16-8-9-17(2)20(14-16)27-10-12-28(13-11-27)24-25-21-19(18-6-4-3-5-7-18)15-30-22(21)23(29)26-24/h3-9,14-15,21-22,24-25H,10-13H2,1-2H3,(H,26,29). The van der Waals surface area contributed by atoms with Crippen molar-refractivity contribution in [2.45, 2.75) is 31.4 Å². The van der Waals surface area contributed by atoms with Gasteiger partial charge in [0.05, 0.1) is 6.04 Å². The van der Waals surface area contributed by atoms with E-state index in [0.29, 0.717) is 0 Å². The van der Waals surface area contributed by atoms with Gasteiger partial charge in [-0.1, -0.05) is 42.5 Å². The van der Waals surface area contributed by atoms with Gasteiger partial charge in [0.2, 0.25) is 5.91 Å². The predicted octanol–water partition coefficient (Wildman–Crippen LogP) is 2.95. The molecular formula is C24H28N4OS. The number of rotatable bonds is 3. The van der Waals surface area contributed by atoms with Crippen LogP contribution in [0.2, 0.25) is 0 Å². The number of benzene rings is 2. The van der Waals surface area contributed by atoms with E-state index in [0.717, 1.165) is 26.2 Å². The molecule has 3 unspecified atom stereocenters. The fourth-order valence-corrected chi connectivity index (χ4v) is 5.79. The molecule has 2 aromatic carbocycles. The van der Waals surface area contributed by atoms with Gasteiger partial charge >= 0.3 is 0 Å². The van der Waals surface area contributed by atoms with Crippen LogP contribution in [0, 0.1) is 13.8 Å². The van der Waals surface area contributed by atoms with E-state index in [-0.39, 0.29) is 23.5 Å². The number of nitrogens with one attached hydrogen (secondary N) is 2. The number of thioether (sulfide) groups is 1. The SMILES string of the molecule is Cc1ccc(C)c(N2CCN(C3NC(=O)C4SC=C(c5ccccc5)C4N3)CC2)c1. The Balaban J connectivity index is 1.28. The molecule has 5 rings (SSSR count). The highest BCUT2D eigenvalue weighted by Gasteiger charge is 2.43. The van der Waals surface area contributed by atoms with Crippen molar-refractivity contribution in [3.05, 3.63) is 70.6 Å². The second-order valence-corrected chi connectivity index (χ2v) is 9.38. The van der Waals surface area contributed by atoms with E-state index in [4.69, 9.17) is 0 Å². The van der Waals surface area contributed by atoms with Crippen LogP contribution in [-0.4, -0.2) is 54.6 Å². The van der Waals surface area contributed by atoms with Gasteiger partial charge in [0.15, 0.2) is 0 Å². The molecule has 0 aliphatic carbocycles. The molecule has 0 bridgehead atoms. The van der Waals surface area contributed by atoms with Crippen LogP contribution in [-0.2, 0) is 4.79 Å². The van der Waals surface area contributed by atoms with Gasteiger partial charge in [-0.05, 0) is 47.6 Å². The van der Waals surface area contributed by atoms with Gasteiger partial charge in [-0.3, -0.25) is 15.0 Å². The van der Waals surface area contributed by atoms with E-state index in [9.17, 15) is 4.79 Å². The van der Waals surface area contributed by atoms with Crippen molar-refractivity contribution >= 4 is 28.9 Å². The summed E-state index contributed by atoms with van der Waals surface area (Å²) < 4.78 is 0. The molecule has 0 radical (unpaired) electrons. The number of anilines is 1. The number of aryl methyl sites for hydroxylation is 2. The van der Waals surface area contributed by atoms with Gasteiger partial charge in [0.1, 0.15) is 11.5 Å². The summed E-state index contributed by atoms with van der Waals surface area (Å²) in [5.41, 5.74) is 6.36. The Labute approximate surface area is 182 Å². The number of amides is 1. The van der Waals surface area contributed by atoms with Crippen LogP contribution in [0.5, 0.6) is 0 Å². The highest BCUT2D eigenvalue weighted by Crippen LogP contribution is 2.38. The minimum Gasteiger partial charge on any atom is -0.369 e.